The Morgan fingerprint density at radius 1 is 1.67 bits per heavy atom. The van der Waals surface area contributed by atoms with Crippen LogP contribution in [-0.2, 0) is 0 Å². The number of aromatic nitrogens is 2. The summed E-state index contributed by atoms with van der Waals surface area (Å²) in [4.78, 5) is 4.07. The van der Waals surface area contributed by atoms with Crippen LogP contribution in [0, 0.1) is 0 Å². The predicted octanol–water partition coefficient (Wildman–Crippen LogP) is 0.453. The molecule has 1 aromatic rings. The minimum atomic E-state index is 0.892. The van der Waals surface area contributed by atoms with Crippen molar-refractivity contribution in [1.29, 1.82) is 0 Å². The van der Waals surface area contributed by atoms with E-state index in [4.69, 9.17) is 0 Å². The first-order valence-corrected chi connectivity index (χ1v) is 2.90. The highest BCUT2D eigenvalue weighted by Gasteiger charge is 1.99. The van der Waals surface area contributed by atoms with E-state index in [1.165, 1.54) is 0 Å². The topological polar surface area (TPSA) is 29.9 Å². The van der Waals surface area contributed by atoms with E-state index in [0.29, 0.717) is 0 Å². The summed E-state index contributed by atoms with van der Waals surface area (Å²) in [6.45, 7) is 0.892. The van der Waals surface area contributed by atoms with Gasteiger partial charge in [0, 0.05) is 18.9 Å². The molecule has 0 atom stereocenters. The van der Waals surface area contributed by atoms with Gasteiger partial charge < -0.3 is 5.43 Å². The van der Waals surface area contributed by atoms with Gasteiger partial charge >= 0.3 is 0 Å². The van der Waals surface area contributed by atoms with Crippen molar-refractivity contribution < 1.29 is 0 Å². The van der Waals surface area contributed by atoms with Gasteiger partial charge in [0.05, 0.1) is 0 Å². The van der Waals surface area contributed by atoms with E-state index in [-0.39, 0.29) is 0 Å². The molecule has 0 saturated heterocycles. The number of imidazole rings is 1. The van der Waals surface area contributed by atoms with Crippen LogP contribution in [0.2, 0.25) is 0 Å². The van der Waals surface area contributed by atoms with Crippen LogP contribution in [-0.4, -0.2) is 16.2 Å². The second-order valence-electron chi connectivity index (χ2n) is 1.92. The summed E-state index contributed by atoms with van der Waals surface area (Å²) in [6.07, 6.45) is 7.72. The highest BCUT2D eigenvalue weighted by atomic mass is 15.4. The van der Waals surface area contributed by atoms with Crippen LogP contribution < -0.4 is 5.43 Å². The SMILES string of the molecule is C1=Cc2nccn2NC1. The fraction of sp³-hybridized carbons (Fsp3) is 0.167. The standard InChI is InChI=1S/C6H7N3/c1-2-6-7-4-5-9(6)8-3-1/h1-2,4-5,8H,3H2. The Morgan fingerprint density at radius 3 is 3.56 bits per heavy atom. The molecule has 1 aromatic heterocycles. The van der Waals surface area contributed by atoms with Crippen LogP contribution in [0.3, 0.4) is 0 Å². The molecule has 0 bridgehead atoms. The molecular weight excluding hydrogens is 114 g/mol. The second kappa shape index (κ2) is 1.62. The molecule has 0 aromatic carbocycles. The van der Waals surface area contributed by atoms with E-state index in [1.54, 1.807) is 6.20 Å². The summed E-state index contributed by atoms with van der Waals surface area (Å²) in [5.41, 5.74) is 3.11. The molecule has 0 radical (unpaired) electrons. The van der Waals surface area contributed by atoms with Gasteiger partial charge in [-0.1, -0.05) is 6.08 Å². The molecule has 0 aliphatic carbocycles. The minimum absolute atomic E-state index is 0.892. The van der Waals surface area contributed by atoms with E-state index in [2.05, 4.69) is 10.4 Å². The Balaban J connectivity index is 2.53. The Labute approximate surface area is 53.0 Å². The molecule has 0 saturated carbocycles. The fourth-order valence-electron chi connectivity index (χ4n) is 0.887. The molecular formula is C6H7N3. The molecule has 1 aliphatic rings. The van der Waals surface area contributed by atoms with Crippen molar-refractivity contribution in [2.45, 2.75) is 0 Å². The number of rotatable bonds is 0. The van der Waals surface area contributed by atoms with Crippen LogP contribution in [0.5, 0.6) is 0 Å². The van der Waals surface area contributed by atoms with Crippen molar-refractivity contribution in [3.05, 3.63) is 24.3 Å². The van der Waals surface area contributed by atoms with Gasteiger partial charge in [0.2, 0.25) is 0 Å². The first-order chi connectivity index (χ1) is 4.47. The van der Waals surface area contributed by atoms with Crippen LogP contribution in [0.1, 0.15) is 5.82 Å². The average molecular weight is 121 g/mol. The summed E-state index contributed by atoms with van der Waals surface area (Å²) < 4.78 is 1.90. The molecule has 3 nitrogen and oxygen atoms in total. The molecule has 0 amide bonds. The normalized spacial score (nSPS) is 14.7. The number of nitrogens with zero attached hydrogens (tertiary/aromatic N) is 2. The van der Waals surface area contributed by atoms with Crippen LogP contribution >= 0.6 is 0 Å². The zero-order valence-electron chi connectivity index (χ0n) is 4.91. The van der Waals surface area contributed by atoms with E-state index < -0.39 is 0 Å². The van der Waals surface area contributed by atoms with Crippen molar-refractivity contribution in [3.8, 4) is 0 Å². The van der Waals surface area contributed by atoms with Crippen LogP contribution in [0.25, 0.3) is 6.08 Å². The van der Waals surface area contributed by atoms with Crippen molar-refractivity contribution in [1.82, 2.24) is 9.66 Å². The first kappa shape index (κ1) is 4.61. The molecule has 2 rings (SSSR count). The first-order valence-electron chi connectivity index (χ1n) is 2.90. The van der Waals surface area contributed by atoms with Gasteiger partial charge in [0.25, 0.3) is 0 Å². The maximum absolute atomic E-state index is 4.07. The second-order valence-corrected chi connectivity index (χ2v) is 1.92. The largest absolute Gasteiger partial charge is 0.321 e. The molecule has 2 heterocycles. The van der Waals surface area contributed by atoms with E-state index in [9.17, 15) is 0 Å². The third kappa shape index (κ3) is 0.614. The molecule has 1 aliphatic heterocycles. The average Bonchev–Trinajstić information content (AvgIpc) is 2.33. The number of fused-ring (bicyclic) bond motifs is 1. The molecule has 46 valence electrons. The summed E-state index contributed by atoms with van der Waals surface area (Å²) in [6, 6.07) is 0. The van der Waals surface area contributed by atoms with Gasteiger partial charge in [-0.15, -0.1) is 0 Å². The highest BCUT2D eigenvalue weighted by molar-refractivity contribution is 5.43. The lowest BCUT2D eigenvalue weighted by molar-refractivity contribution is 0.860. The molecule has 0 fully saturated rings. The van der Waals surface area contributed by atoms with Gasteiger partial charge in [-0.2, -0.15) is 0 Å². The van der Waals surface area contributed by atoms with Gasteiger partial charge in [0.1, 0.15) is 0 Å². The lowest BCUT2D eigenvalue weighted by atomic mass is 10.4. The van der Waals surface area contributed by atoms with Crippen molar-refractivity contribution in [2.75, 3.05) is 12.0 Å². The molecule has 9 heavy (non-hydrogen) atoms. The molecule has 3 heteroatoms. The predicted molar refractivity (Wildman–Crippen MR) is 35.5 cm³/mol. The van der Waals surface area contributed by atoms with E-state index in [0.717, 1.165) is 12.4 Å². The molecule has 1 N–H and O–H groups in total. The van der Waals surface area contributed by atoms with E-state index in [1.807, 2.05) is 23.0 Å². The monoisotopic (exact) mass is 121 g/mol. The van der Waals surface area contributed by atoms with Crippen LogP contribution in [0.4, 0.5) is 0 Å². The Kier molecular flexibility index (Phi) is 0.828. The van der Waals surface area contributed by atoms with Crippen molar-refractivity contribution >= 4 is 6.08 Å². The highest BCUT2D eigenvalue weighted by Crippen LogP contribution is 2.00. The van der Waals surface area contributed by atoms with Crippen LogP contribution in [0.15, 0.2) is 18.5 Å². The Bertz CT molecular complexity index is 236. The summed E-state index contributed by atoms with van der Waals surface area (Å²) in [5.74, 6) is 0.973. The number of hydrogen-bond acceptors (Lipinski definition) is 2. The summed E-state index contributed by atoms with van der Waals surface area (Å²) >= 11 is 0. The van der Waals surface area contributed by atoms with E-state index >= 15 is 0 Å². The van der Waals surface area contributed by atoms with Gasteiger partial charge in [-0.25, -0.2) is 9.66 Å². The third-order valence-electron chi connectivity index (χ3n) is 1.32. The fourth-order valence-corrected chi connectivity index (χ4v) is 0.887. The van der Waals surface area contributed by atoms with Crippen molar-refractivity contribution in [2.24, 2.45) is 0 Å². The molecule has 0 unspecified atom stereocenters. The molecule has 0 spiro atoms. The van der Waals surface area contributed by atoms with Gasteiger partial charge in [-0.3, -0.25) is 0 Å². The van der Waals surface area contributed by atoms with Gasteiger partial charge in [-0.05, 0) is 6.08 Å². The maximum Gasteiger partial charge on any atom is 0.150 e. The maximum atomic E-state index is 4.07. The minimum Gasteiger partial charge on any atom is -0.321 e. The quantitative estimate of drug-likeness (QED) is 0.540. The summed E-state index contributed by atoms with van der Waals surface area (Å²) in [7, 11) is 0. The number of nitrogens with one attached hydrogen (secondary N) is 1. The summed E-state index contributed by atoms with van der Waals surface area (Å²) in [5, 5.41) is 0. The van der Waals surface area contributed by atoms with Crippen molar-refractivity contribution in [3.63, 3.8) is 0 Å². The Morgan fingerprint density at radius 2 is 2.67 bits per heavy atom. The third-order valence-corrected chi connectivity index (χ3v) is 1.32. The van der Waals surface area contributed by atoms with Gasteiger partial charge in [0.15, 0.2) is 5.82 Å². The number of hydrogen-bond donors (Lipinski definition) is 1. The zero-order chi connectivity index (χ0) is 6.10. The zero-order valence-corrected chi connectivity index (χ0v) is 4.91. The lowest BCUT2D eigenvalue weighted by Gasteiger charge is -2.09. The smallest absolute Gasteiger partial charge is 0.150 e. The lowest BCUT2D eigenvalue weighted by Crippen LogP contribution is -2.18. The Hall–Kier alpha value is -1.25.